The molecule has 0 unspecified atom stereocenters. The zero-order valence-electron chi connectivity index (χ0n) is 10.3. The number of rotatable bonds is 4. The lowest BCUT2D eigenvalue weighted by atomic mass is 10.1. The third-order valence-electron chi connectivity index (χ3n) is 2.83. The fraction of sp³-hybridized carbons (Fsp3) is 0.500. The van der Waals surface area contributed by atoms with Gasteiger partial charge >= 0.3 is 12.2 Å². The number of fused-ring (bicyclic) bond motifs is 1. The second-order valence-corrected chi connectivity index (χ2v) is 4.78. The molecule has 2 rings (SSSR count). The van der Waals surface area contributed by atoms with Gasteiger partial charge in [0.05, 0.1) is 0 Å². The van der Waals surface area contributed by atoms with Gasteiger partial charge < -0.3 is 15.2 Å². The standard InChI is InChI=1S/C12H12ClF4NO2/c13-8-6-10-9(5-7(8)3-1-2-4-18)19-11(14,15)12(16,17)20-10/h5-6H,1-4,18H2. The number of halogens is 5. The van der Waals surface area contributed by atoms with Crippen LogP contribution in [0.25, 0.3) is 0 Å². The zero-order valence-corrected chi connectivity index (χ0v) is 11.0. The summed E-state index contributed by atoms with van der Waals surface area (Å²) in [5.41, 5.74) is 5.86. The van der Waals surface area contributed by atoms with Gasteiger partial charge in [0.25, 0.3) is 0 Å². The summed E-state index contributed by atoms with van der Waals surface area (Å²) in [7, 11) is 0. The van der Waals surface area contributed by atoms with E-state index in [1.165, 1.54) is 6.07 Å². The molecule has 20 heavy (non-hydrogen) atoms. The number of hydrogen-bond acceptors (Lipinski definition) is 3. The minimum absolute atomic E-state index is 0.158. The molecule has 1 heterocycles. The van der Waals surface area contributed by atoms with Crippen LogP contribution in [0, 0.1) is 0 Å². The molecule has 0 radical (unpaired) electrons. The molecular formula is C12H12ClF4NO2. The van der Waals surface area contributed by atoms with Gasteiger partial charge in [-0.25, -0.2) is 0 Å². The maximum Gasteiger partial charge on any atom is 0.507 e. The van der Waals surface area contributed by atoms with Crippen molar-refractivity contribution in [2.75, 3.05) is 6.54 Å². The molecule has 0 fully saturated rings. The van der Waals surface area contributed by atoms with Crippen LogP contribution in [-0.4, -0.2) is 18.8 Å². The number of ether oxygens (including phenoxy) is 2. The van der Waals surface area contributed by atoms with Gasteiger partial charge in [0.15, 0.2) is 11.5 Å². The van der Waals surface area contributed by atoms with Crippen LogP contribution < -0.4 is 15.2 Å². The lowest BCUT2D eigenvalue weighted by molar-refractivity contribution is -0.391. The largest absolute Gasteiger partial charge is 0.507 e. The minimum atomic E-state index is -4.73. The second kappa shape index (κ2) is 5.29. The molecule has 0 aromatic heterocycles. The van der Waals surface area contributed by atoms with E-state index in [2.05, 4.69) is 9.47 Å². The van der Waals surface area contributed by atoms with Gasteiger partial charge in [0.2, 0.25) is 0 Å². The summed E-state index contributed by atoms with van der Waals surface area (Å²) in [5, 5.41) is 0.158. The first-order valence-corrected chi connectivity index (χ1v) is 6.31. The molecule has 0 saturated carbocycles. The van der Waals surface area contributed by atoms with E-state index >= 15 is 0 Å². The van der Waals surface area contributed by atoms with Gasteiger partial charge in [-0.3, -0.25) is 0 Å². The molecule has 112 valence electrons. The molecule has 3 nitrogen and oxygen atoms in total. The van der Waals surface area contributed by atoms with Crippen molar-refractivity contribution >= 4 is 11.6 Å². The van der Waals surface area contributed by atoms with E-state index < -0.39 is 23.7 Å². The van der Waals surface area contributed by atoms with E-state index in [1.807, 2.05) is 0 Å². The van der Waals surface area contributed by atoms with E-state index in [4.69, 9.17) is 17.3 Å². The van der Waals surface area contributed by atoms with E-state index in [-0.39, 0.29) is 5.02 Å². The number of benzene rings is 1. The highest BCUT2D eigenvalue weighted by Crippen LogP contribution is 2.48. The molecule has 1 aliphatic heterocycles. The summed E-state index contributed by atoms with van der Waals surface area (Å²) in [5.74, 6) is -0.957. The van der Waals surface area contributed by atoms with Crippen LogP contribution in [0.3, 0.4) is 0 Å². The molecule has 0 amide bonds. The van der Waals surface area contributed by atoms with Crippen molar-refractivity contribution in [1.82, 2.24) is 0 Å². The number of unbranched alkanes of at least 4 members (excludes halogenated alkanes) is 1. The van der Waals surface area contributed by atoms with Crippen LogP contribution in [0.15, 0.2) is 12.1 Å². The third kappa shape index (κ3) is 2.78. The van der Waals surface area contributed by atoms with Crippen molar-refractivity contribution < 1.29 is 27.0 Å². The first kappa shape index (κ1) is 15.2. The monoisotopic (exact) mass is 313 g/mol. The number of alkyl halides is 4. The van der Waals surface area contributed by atoms with Crippen LogP contribution in [-0.2, 0) is 6.42 Å². The van der Waals surface area contributed by atoms with Gasteiger partial charge in [-0.05, 0) is 37.4 Å². The fourth-order valence-corrected chi connectivity index (χ4v) is 2.03. The quantitative estimate of drug-likeness (QED) is 0.682. The molecule has 0 spiro atoms. The average molecular weight is 314 g/mol. The zero-order chi connectivity index (χ0) is 15.0. The predicted molar refractivity (Wildman–Crippen MR) is 64.6 cm³/mol. The van der Waals surface area contributed by atoms with Gasteiger partial charge in [-0.1, -0.05) is 11.6 Å². The Bertz CT molecular complexity index is 510. The fourth-order valence-electron chi connectivity index (χ4n) is 1.78. The summed E-state index contributed by atoms with van der Waals surface area (Å²) >= 11 is 5.91. The summed E-state index contributed by atoms with van der Waals surface area (Å²) in [6, 6.07) is 2.25. The maximum atomic E-state index is 13.1. The molecule has 1 aromatic carbocycles. The number of aryl methyl sites for hydroxylation is 1. The topological polar surface area (TPSA) is 44.5 Å². The molecule has 0 atom stereocenters. The summed E-state index contributed by atoms with van der Waals surface area (Å²) in [6.45, 7) is 0.493. The van der Waals surface area contributed by atoms with E-state index in [0.29, 0.717) is 24.9 Å². The summed E-state index contributed by atoms with van der Waals surface area (Å²) < 4.78 is 60.1. The Morgan fingerprint density at radius 2 is 1.55 bits per heavy atom. The van der Waals surface area contributed by atoms with Crippen LogP contribution >= 0.6 is 11.6 Å². The van der Waals surface area contributed by atoms with E-state index in [9.17, 15) is 17.6 Å². The van der Waals surface area contributed by atoms with Crippen molar-refractivity contribution in [1.29, 1.82) is 0 Å². The Labute approximate surface area is 117 Å². The molecule has 0 bridgehead atoms. The van der Waals surface area contributed by atoms with E-state index in [0.717, 1.165) is 12.5 Å². The van der Waals surface area contributed by atoms with E-state index in [1.54, 1.807) is 0 Å². The Morgan fingerprint density at radius 1 is 1.00 bits per heavy atom. The highest BCUT2D eigenvalue weighted by molar-refractivity contribution is 6.31. The van der Waals surface area contributed by atoms with Gasteiger partial charge in [-0.15, -0.1) is 0 Å². The number of hydrogen-bond donors (Lipinski definition) is 1. The molecule has 1 aliphatic rings. The maximum absolute atomic E-state index is 13.1. The lowest BCUT2D eigenvalue weighted by Crippen LogP contribution is -2.52. The lowest BCUT2D eigenvalue weighted by Gasteiger charge is -2.32. The van der Waals surface area contributed by atoms with Crippen molar-refractivity contribution in [3.8, 4) is 11.5 Å². The smallest absolute Gasteiger partial charge is 0.421 e. The minimum Gasteiger partial charge on any atom is -0.421 e. The Kier molecular flexibility index (Phi) is 4.02. The summed E-state index contributed by atoms with van der Waals surface area (Å²) in [4.78, 5) is 0. The highest BCUT2D eigenvalue weighted by atomic mass is 35.5. The van der Waals surface area contributed by atoms with Crippen LogP contribution in [0.2, 0.25) is 5.02 Å². The van der Waals surface area contributed by atoms with Crippen molar-refractivity contribution in [3.05, 3.63) is 22.7 Å². The first-order chi connectivity index (χ1) is 9.27. The Balaban J connectivity index is 2.28. The van der Waals surface area contributed by atoms with Crippen molar-refractivity contribution in [2.45, 2.75) is 31.5 Å². The average Bonchev–Trinajstić information content (AvgIpc) is 2.32. The molecule has 0 saturated heterocycles. The number of nitrogens with two attached hydrogens (primary N) is 1. The van der Waals surface area contributed by atoms with Crippen LogP contribution in [0.4, 0.5) is 17.6 Å². The molecular weight excluding hydrogens is 302 g/mol. The highest BCUT2D eigenvalue weighted by Gasteiger charge is 2.66. The molecule has 8 heteroatoms. The Morgan fingerprint density at radius 3 is 2.10 bits per heavy atom. The van der Waals surface area contributed by atoms with Crippen LogP contribution in [0.5, 0.6) is 11.5 Å². The molecule has 2 N–H and O–H groups in total. The van der Waals surface area contributed by atoms with Crippen molar-refractivity contribution in [2.24, 2.45) is 5.73 Å². The second-order valence-electron chi connectivity index (χ2n) is 4.37. The normalized spacial score (nSPS) is 18.9. The Hall–Kier alpha value is -1.21. The molecule has 0 aliphatic carbocycles. The molecule has 1 aromatic rings. The van der Waals surface area contributed by atoms with Crippen LogP contribution in [0.1, 0.15) is 18.4 Å². The first-order valence-electron chi connectivity index (χ1n) is 5.93. The van der Waals surface area contributed by atoms with Crippen molar-refractivity contribution in [3.63, 3.8) is 0 Å². The SMILES string of the molecule is NCCCCc1cc2c(cc1Cl)OC(F)(F)C(F)(F)O2. The van der Waals surface area contributed by atoms with Gasteiger partial charge in [-0.2, -0.15) is 17.6 Å². The summed E-state index contributed by atoms with van der Waals surface area (Å²) in [6.07, 6.45) is -7.54. The van der Waals surface area contributed by atoms with Gasteiger partial charge in [0, 0.05) is 11.1 Å². The third-order valence-corrected chi connectivity index (χ3v) is 3.18. The van der Waals surface area contributed by atoms with Gasteiger partial charge in [0.1, 0.15) is 0 Å². The predicted octanol–water partition coefficient (Wildman–Crippen LogP) is 3.58.